The van der Waals surface area contributed by atoms with Crippen molar-refractivity contribution in [3.8, 4) is 0 Å². The van der Waals surface area contributed by atoms with Gasteiger partial charge in [-0.1, -0.05) is 13.8 Å². The summed E-state index contributed by atoms with van der Waals surface area (Å²) in [7, 11) is 1.90. The van der Waals surface area contributed by atoms with Crippen LogP contribution in [0.25, 0.3) is 0 Å². The molecule has 108 valence electrons. The van der Waals surface area contributed by atoms with E-state index in [1.807, 2.05) is 13.2 Å². The summed E-state index contributed by atoms with van der Waals surface area (Å²) in [5, 5.41) is 7.32. The Bertz CT molecular complexity index is 400. The number of nitrogens with one attached hydrogen (secondary N) is 1. The molecule has 1 heterocycles. The Kier molecular flexibility index (Phi) is 6.56. The Hall–Kier alpha value is -1.36. The van der Waals surface area contributed by atoms with Gasteiger partial charge in [-0.25, -0.2) is 0 Å². The molecule has 1 rings (SSSR count). The van der Waals surface area contributed by atoms with Crippen molar-refractivity contribution in [3.63, 3.8) is 0 Å². The van der Waals surface area contributed by atoms with Crippen molar-refractivity contribution in [2.45, 2.75) is 46.1 Å². The fourth-order valence-electron chi connectivity index (χ4n) is 2.12. The van der Waals surface area contributed by atoms with Gasteiger partial charge in [0.15, 0.2) is 0 Å². The van der Waals surface area contributed by atoms with Gasteiger partial charge in [0.25, 0.3) is 0 Å². The van der Waals surface area contributed by atoms with E-state index in [9.17, 15) is 4.79 Å². The third-order valence-electron chi connectivity index (χ3n) is 3.33. The molecule has 1 aromatic rings. The fourth-order valence-corrected chi connectivity index (χ4v) is 2.12. The third kappa shape index (κ3) is 5.42. The van der Waals surface area contributed by atoms with Crippen LogP contribution in [-0.2, 0) is 24.8 Å². The number of aromatic nitrogens is 2. The molecular formula is C14H26N4O. The molecule has 0 radical (unpaired) electrons. The van der Waals surface area contributed by atoms with E-state index in [2.05, 4.69) is 24.3 Å². The molecule has 0 saturated carbocycles. The molecule has 0 aromatic carbocycles. The molecule has 0 aliphatic rings. The molecule has 0 fully saturated rings. The Morgan fingerprint density at radius 1 is 1.53 bits per heavy atom. The first-order valence-corrected chi connectivity index (χ1v) is 7.05. The Morgan fingerprint density at radius 2 is 2.26 bits per heavy atom. The number of carbonyl (C=O) groups is 1. The van der Waals surface area contributed by atoms with Gasteiger partial charge < -0.3 is 11.1 Å². The molecule has 1 atom stereocenters. The number of hydrogen-bond acceptors (Lipinski definition) is 3. The smallest absolute Gasteiger partial charge is 0.220 e. The van der Waals surface area contributed by atoms with E-state index in [4.69, 9.17) is 5.73 Å². The van der Waals surface area contributed by atoms with Gasteiger partial charge in [0.1, 0.15) is 0 Å². The standard InChI is InChI=1S/C14H26N4O/c1-4-13-12(10-18(3)17-13)9-16-14(19)6-5-11(2)7-8-15/h10-11H,4-9,15H2,1-3H3,(H,16,19). The van der Waals surface area contributed by atoms with E-state index < -0.39 is 0 Å². The molecule has 1 unspecified atom stereocenters. The van der Waals surface area contributed by atoms with Gasteiger partial charge >= 0.3 is 0 Å². The highest BCUT2D eigenvalue weighted by atomic mass is 16.1. The van der Waals surface area contributed by atoms with Crippen molar-refractivity contribution < 1.29 is 4.79 Å². The molecular weight excluding hydrogens is 240 g/mol. The maximum atomic E-state index is 11.8. The van der Waals surface area contributed by atoms with Crippen molar-refractivity contribution in [1.29, 1.82) is 0 Å². The molecule has 1 amide bonds. The van der Waals surface area contributed by atoms with Crippen molar-refractivity contribution in [2.24, 2.45) is 18.7 Å². The summed E-state index contributed by atoms with van der Waals surface area (Å²) in [4.78, 5) is 11.8. The molecule has 5 nitrogen and oxygen atoms in total. The van der Waals surface area contributed by atoms with Crippen molar-refractivity contribution in [3.05, 3.63) is 17.5 Å². The Balaban J connectivity index is 2.33. The summed E-state index contributed by atoms with van der Waals surface area (Å²) in [6, 6.07) is 0. The largest absolute Gasteiger partial charge is 0.352 e. The second-order valence-corrected chi connectivity index (χ2v) is 5.13. The molecule has 5 heteroatoms. The van der Waals surface area contributed by atoms with Crippen molar-refractivity contribution >= 4 is 5.91 Å². The third-order valence-corrected chi connectivity index (χ3v) is 3.33. The van der Waals surface area contributed by atoms with Gasteiger partial charge in [-0.3, -0.25) is 9.48 Å². The van der Waals surface area contributed by atoms with Crippen LogP contribution in [0.4, 0.5) is 0 Å². The van der Waals surface area contributed by atoms with Crippen molar-refractivity contribution in [2.75, 3.05) is 6.54 Å². The molecule has 0 saturated heterocycles. The van der Waals surface area contributed by atoms with Gasteiger partial charge in [0, 0.05) is 31.8 Å². The summed E-state index contributed by atoms with van der Waals surface area (Å²) < 4.78 is 1.80. The lowest BCUT2D eigenvalue weighted by Gasteiger charge is -2.09. The average molecular weight is 266 g/mol. The highest BCUT2D eigenvalue weighted by Gasteiger charge is 2.09. The fraction of sp³-hybridized carbons (Fsp3) is 0.714. The van der Waals surface area contributed by atoms with Crippen LogP contribution in [0.5, 0.6) is 0 Å². The first-order chi connectivity index (χ1) is 9.06. The molecule has 0 spiro atoms. The van der Waals surface area contributed by atoms with Crippen LogP contribution < -0.4 is 11.1 Å². The van der Waals surface area contributed by atoms with Crippen molar-refractivity contribution in [1.82, 2.24) is 15.1 Å². The lowest BCUT2D eigenvalue weighted by atomic mass is 10.0. The maximum Gasteiger partial charge on any atom is 0.220 e. The first kappa shape index (κ1) is 15.7. The number of aryl methyl sites for hydroxylation is 2. The summed E-state index contributed by atoms with van der Waals surface area (Å²) >= 11 is 0. The lowest BCUT2D eigenvalue weighted by molar-refractivity contribution is -0.121. The van der Waals surface area contributed by atoms with Gasteiger partial charge in [-0.05, 0) is 31.7 Å². The highest BCUT2D eigenvalue weighted by molar-refractivity contribution is 5.75. The Labute approximate surface area is 115 Å². The minimum Gasteiger partial charge on any atom is -0.352 e. The predicted octanol–water partition coefficient (Wildman–Crippen LogP) is 1.36. The molecule has 0 aliphatic heterocycles. The number of hydrogen-bond donors (Lipinski definition) is 2. The van der Waals surface area contributed by atoms with E-state index in [-0.39, 0.29) is 5.91 Å². The van der Waals surface area contributed by atoms with Crippen LogP contribution in [0.3, 0.4) is 0 Å². The molecule has 19 heavy (non-hydrogen) atoms. The predicted molar refractivity (Wildman–Crippen MR) is 76.5 cm³/mol. The summed E-state index contributed by atoms with van der Waals surface area (Å²) in [6.45, 7) is 5.47. The summed E-state index contributed by atoms with van der Waals surface area (Å²) in [5.74, 6) is 0.620. The van der Waals surface area contributed by atoms with Crippen LogP contribution in [-0.4, -0.2) is 22.2 Å². The van der Waals surface area contributed by atoms with E-state index in [0.717, 1.165) is 30.5 Å². The zero-order valence-electron chi connectivity index (χ0n) is 12.3. The highest BCUT2D eigenvalue weighted by Crippen LogP contribution is 2.10. The van der Waals surface area contributed by atoms with Gasteiger partial charge in [0.05, 0.1) is 5.69 Å². The number of rotatable bonds is 8. The second-order valence-electron chi connectivity index (χ2n) is 5.13. The number of nitrogens with two attached hydrogens (primary N) is 1. The monoisotopic (exact) mass is 266 g/mol. The molecule has 0 aliphatic carbocycles. The minimum atomic E-state index is 0.106. The SMILES string of the molecule is CCc1nn(C)cc1CNC(=O)CCC(C)CCN. The van der Waals surface area contributed by atoms with Crippen LogP contribution in [0.1, 0.15) is 44.4 Å². The van der Waals surface area contributed by atoms with Gasteiger partial charge in [0.2, 0.25) is 5.91 Å². The quantitative estimate of drug-likeness (QED) is 0.746. The molecule has 1 aromatic heterocycles. The summed E-state index contributed by atoms with van der Waals surface area (Å²) in [6.07, 6.45) is 5.31. The molecule has 3 N–H and O–H groups in total. The zero-order chi connectivity index (χ0) is 14.3. The van der Waals surface area contributed by atoms with E-state index in [1.165, 1.54) is 0 Å². The number of carbonyl (C=O) groups excluding carboxylic acids is 1. The normalized spacial score (nSPS) is 12.4. The number of amides is 1. The topological polar surface area (TPSA) is 72.9 Å². The first-order valence-electron chi connectivity index (χ1n) is 7.05. The van der Waals surface area contributed by atoms with E-state index in [1.54, 1.807) is 4.68 Å². The van der Waals surface area contributed by atoms with Crippen LogP contribution >= 0.6 is 0 Å². The van der Waals surface area contributed by atoms with E-state index >= 15 is 0 Å². The lowest BCUT2D eigenvalue weighted by Crippen LogP contribution is -2.23. The number of nitrogens with zero attached hydrogens (tertiary/aromatic N) is 2. The van der Waals surface area contributed by atoms with Crippen LogP contribution in [0, 0.1) is 5.92 Å². The van der Waals surface area contributed by atoms with Crippen LogP contribution in [0.15, 0.2) is 6.20 Å². The molecule has 0 bridgehead atoms. The zero-order valence-corrected chi connectivity index (χ0v) is 12.3. The Morgan fingerprint density at radius 3 is 2.89 bits per heavy atom. The average Bonchev–Trinajstić information content (AvgIpc) is 2.74. The van der Waals surface area contributed by atoms with E-state index in [0.29, 0.717) is 25.4 Å². The van der Waals surface area contributed by atoms with Gasteiger partial charge in [-0.15, -0.1) is 0 Å². The minimum absolute atomic E-state index is 0.106. The second kappa shape index (κ2) is 7.94. The van der Waals surface area contributed by atoms with Crippen LogP contribution in [0.2, 0.25) is 0 Å². The van der Waals surface area contributed by atoms with Gasteiger partial charge in [-0.2, -0.15) is 5.10 Å². The summed E-state index contributed by atoms with van der Waals surface area (Å²) in [5.41, 5.74) is 7.65. The maximum absolute atomic E-state index is 11.8.